The lowest BCUT2D eigenvalue weighted by atomic mass is 10.1. The molecule has 1 aliphatic heterocycles. The second kappa shape index (κ2) is 10.9. The van der Waals surface area contributed by atoms with Crippen LogP contribution in [-0.4, -0.2) is 45.5 Å². The van der Waals surface area contributed by atoms with Crippen LogP contribution in [0.1, 0.15) is 61.7 Å². The second-order valence-corrected chi connectivity index (χ2v) is 9.46. The van der Waals surface area contributed by atoms with E-state index in [4.69, 9.17) is 0 Å². The average Bonchev–Trinajstić information content (AvgIpc) is 3.48. The number of anilines is 2. The number of fused-ring (bicyclic) bond motifs is 1. The fraction of sp³-hybridized carbons (Fsp3) is 0.481. The van der Waals surface area contributed by atoms with Crippen LogP contribution in [0.2, 0.25) is 0 Å². The molecule has 1 unspecified atom stereocenters. The van der Waals surface area contributed by atoms with Gasteiger partial charge >= 0.3 is 0 Å². The van der Waals surface area contributed by atoms with Crippen molar-refractivity contribution in [2.24, 2.45) is 0 Å². The van der Waals surface area contributed by atoms with Crippen LogP contribution in [0.4, 0.5) is 11.4 Å². The van der Waals surface area contributed by atoms with Gasteiger partial charge < -0.3 is 15.5 Å². The first-order valence-corrected chi connectivity index (χ1v) is 12.6. The smallest absolute Gasteiger partial charge is 0.246 e. The van der Waals surface area contributed by atoms with Crippen molar-refractivity contribution in [3.05, 3.63) is 53.0 Å². The summed E-state index contributed by atoms with van der Waals surface area (Å²) >= 11 is 0. The molecule has 1 saturated heterocycles. The van der Waals surface area contributed by atoms with Crippen LogP contribution < -0.4 is 15.5 Å². The van der Waals surface area contributed by atoms with Crippen molar-refractivity contribution in [2.45, 2.75) is 72.3 Å². The van der Waals surface area contributed by atoms with Crippen LogP contribution in [-0.2, 0) is 16.0 Å². The van der Waals surface area contributed by atoms with Gasteiger partial charge in [-0.15, -0.1) is 0 Å². The van der Waals surface area contributed by atoms with Crippen LogP contribution in [0, 0.1) is 20.8 Å². The molecule has 2 N–H and O–H groups in total. The summed E-state index contributed by atoms with van der Waals surface area (Å²) in [6.07, 6.45) is 4.61. The summed E-state index contributed by atoms with van der Waals surface area (Å²) in [5.74, 6) is -0.318. The highest BCUT2D eigenvalue weighted by atomic mass is 16.2. The molecule has 8 nitrogen and oxygen atoms in total. The van der Waals surface area contributed by atoms with E-state index in [0.717, 1.165) is 59.2 Å². The molecule has 0 aliphatic carbocycles. The maximum atomic E-state index is 13.0. The molecule has 0 saturated carbocycles. The highest BCUT2D eigenvalue weighted by molar-refractivity contribution is 5.97. The summed E-state index contributed by atoms with van der Waals surface area (Å²) in [6.45, 7) is 10.0. The molecule has 1 aromatic carbocycles. The van der Waals surface area contributed by atoms with Crippen molar-refractivity contribution in [1.82, 2.24) is 19.9 Å². The second-order valence-electron chi connectivity index (χ2n) is 9.46. The summed E-state index contributed by atoms with van der Waals surface area (Å²) in [4.78, 5) is 32.8. The third-order valence-corrected chi connectivity index (χ3v) is 6.70. The maximum absolute atomic E-state index is 13.0. The number of aryl methyl sites for hydroxylation is 3. The Balaban J connectivity index is 1.38. The average molecular weight is 477 g/mol. The Bertz CT molecular complexity index is 1210. The number of nitrogens with zero attached hydrogens (tertiary/aromatic N) is 4. The molecule has 0 bridgehead atoms. The van der Waals surface area contributed by atoms with E-state index in [-0.39, 0.29) is 18.2 Å². The molecular formula is C27H36N6O2. The van der Waals surface area contributed by atoms with Gasteiger partial charge in [0.15, 0.2) is 5.65 Å². The Morgan fingerprint density at radius 3 is 2.63 bits per heavy atom. The van der Waals surface area contributed by atoms with Crippen molar-refractivity contribution in [2.75, 3.05) is 23.3 Å². The highest BCUT2D eigenvalue weighted by Crippen LogP contribution is 2.23. The Kier molecular flexibility index (Phi) is 7.68. The molecule has 0 radical (unpaired) electrons. The van der Waals surface area contributed by atoms with Crippen LogP contribution >= 0.6 is 0 Å². The van der Waals surface area contributed by atoms with Gasteiger partial charge in [-0.3, -0.25) is 9.59 Å². The number of amides is 2. The molecule has 186 valence electrons. The molecule has 4 rings (SSSR count). The summed E-state index contributed by atoms with van der Waals surface area (Å²) in [6, 6.07) is 9.33. The summed E-state index contributed by atoms with van der Waals surface area (Å²) in [7, 11) is 0. The lowest BCUT2D eigenvalue weighted by Gasteiger charge is -2.20. The third-order valence-electron chi connectivity index (χ3n) is 6.70. The molecular weight excluding hydrogens is 440 g/mol. The van der Waals surface area contributed by atoms with Gasteiger partial charge in [-0.1, -0.05) is 19.4 Å². The fourth-order valence-corrected chi connectivity index (χ4v) is 4.85. The Morgan fingerprint density at radius 1 is 1.11 bits per heavy atom. The van der Waals surface area contributed by atoms with Gasteiger partial charge in [0.05, 0.1) is 5.69 Å². The number of hydrogen-bond donors (Lipinski definition) is 2. The number of nitrogens with one attached hydrogen (secondary N) is 2. The predicted molar refractivity (Wildman–Crippen MR) is 139 cm³/mol. The normalized spacial score (nSPS) is 14.3. The zero-order valence-electron chi connectivity index (χ0n) is 21.2. The van der Waals surface area contributed by atoms with Crippen LogP contribution in [0.15, 0.2) is 30.3 Å². The van der Waals surface area contributed by atoms with Gasteiger partial charge in [-0.05, 0) is 70.2 Å². The van der Waals surface area contributed by atoms with Gasteiger partial charge in [-0.2, -0.15) is 5.10 Å². The monoisotopic (exact) mass is 476 g/mol. The zero-order valence-corrected chi connectivity index (χ0v) is 21.2. The molecule has 1 aliphatic rings. The van der Waals surface area contributed by atoms with E-state index in [1.807, 2.05) is 56.5 Å². The summed E-state index contributed by atoms with van der Waals surface area (Å²) in [5.41, 5.74) is 6.53. The summed E-state index contributed by atoms with van der Waals surface area (Å²) < 4.78 is 1.83. The van der Waals surface area contributed by atoms with Crippen molar-refractivity contribution >= 4 is 28.8 Å². The zero-order chi connectivity index (χ0) is 24.9. The SMILES string of the molecule is CCCC(NC(=O)CCc1c(C)nc2cc(C)nn2c1C)C(=O)Nc1cccc(N2CCCC2)c1. The minimum atomic E-state index is -0.570. The predicted octanol–water partition coefficient (Wildman–Crippen LogP) is 4.11. The van der Waals surface area contributed by atoms with Gasteiger partial charge in [-0.25, -0.2) is 9.50 Å². The largest absolute Gasteiger partial charge is 0.371 e. The lowest BCUT2D eigenvalue weighted by Crippen LogP contribution is -2.43. The van der Waals surface area contributed by atoms with E-state index in [2.05, 4.69) is 31.7 Å². The molecule has 0 spiro atoms. The third kappa shape index (κ3) is 5.81. The molecule has 3 aromatic rings. The molecule has 2 aromatic heterocycles. The van der Waals surface area contributed by atoms with Crippen molar-refractivity contribution in [3.8, 4) is 0 Å². The van der Waals surface area contributed by atoms with Gasteiger partial charge in [0, 0.05) is 48.3 Å². The Hall–Kier alpha value is -3.42. The van der Waals surface area contributed by atoms with Crippen molar-refractivity contribution in [3.63, 3.8) is 0 Å². The Labute approximate surface area is 207 Å². The summed E-state index contributed by atoms with van der Waals surface area (Å²) in [5, 5.41) is 10.5. The van der Waals surface area contributed by atoms with Gasteiger partial charge in [0.2, 0.25) is 11.8 Å². The first kappa shape index (κ1) is 24.7. The number of rotatable bonds is 9. The van der Waals surface area contributed by atoms with Crippen molar-refractivity contribution in [1.29, 1.82) is 0 Å². The van der Waals surface area contributed by atoms with E-state index in [1.165, 1.54) is 12.8 Å². The number of carbonyl (C=O) groups is 2. The highest BCUT2D eigenvalue weighted by Gasteiger charge is 2.21. The van der Waals surface area contributed by atoms with Crippen molar-refractivity contribution < 1.29 is 9.59 Å². The molecule has 1 atom stereocenters. The molecule has 2 amide bonds. The standard InChI is InChI=1S/C27H36N6O2/c1-5-9-24(27(35)29-21-10-8-11-22(17-21)32-14-6-7-15-32)30-26(34)13-12-23-19(3)28-25-16-18(2)31-33(25)20(23)4/h8,10-11,16-17,24H,5-7,9,12-15H2,1-4H3,(H,29,35)(H,30,34). The quantitative estimate of drug-likeness (QED) is 0.485. The van der Waals surface area contributed by atoms with E-state index in [9.17, 15) is 9.59 Å². The molecule has 3 heterocycles. The first-order valence-electron chi connectivity index (χ1n) is 12.6. The topological polar surface area (TPSA) is 91.6 Å². The van der Waals surface area contributed by atoms with E-state index in [0.29, 0.717) is 12.8 Å². The molecule has 8 heteroatoms. The number of carbonyl (C=O) groups excluding carboxylic acids is 2. The van der Waals surface area contributed by atoms with Gasteiger partial charge in [0.1, 0.15) is 6.04 Å². The minimum Gasteiger partial charge on any atom is -0.371 e. The Morgan fingerprint density at radius 2 is 1.89 bits per heavy atom. The van der Waals surface area contributed by atoms with E-state index in [1.54, 1.807) is 0 Å². The van der Waals surface area contributed by atoms with Crippen LogP contribution in [0.3, 0.4) is 0 Å². The molecule has 1 fully saturated rings. The number of aromatic nitrogens is 3. The van der Waals surface area contributed by atoms with E-state index >= 15 is 0 Å². The number of benzene rings is 1. The fourth-order valence-electron chi connectivity index (χ4n) is 4.85. The maximum Gasteiger partial charge on any atom is 0.246 e. The first-order chi connectivity index (χ1) is 16.9. The van der Waals surface area contributed by atoms with Gasteiger partial charge in [0.25, 0.3) is 0 Å². The molecule has 35 heavy (non-hydrogen) atoms. The van der Waals surface area contributed by atoms with Crippen LogP contribution in [0.5, 0.6) is 0 Å². The lowest BCUT2D eigenvalue weighted by molar-refractivity contribution is -0.126. The minimum absolute atomic E-state index is 0.139. The van der Waals surface area contributed by atoms with Crippen LogP contribution in [0.25, 0.3) is 5.65 Å². The number of hydrogen-bond acceptors (Lipinski definition) is 5. The van der Waals surface area contributed by atoms with E-state index < -0.39 is 6.04 Å².